The van der Waals surface area contributed by atoms with Gasteiger partial charge in [0.25, 0.3) is 0 Å². The number of aliphatic hydroxyl groups excluding tert-OH is 1. The quantitative estimate of drug-likeness (QED) is 0.827. The molecule has 0 aliphatic carbocycles. The van der Waals surface area contributed by atoms with E-state index in [1.54, 1.807) is 4.90 Å². The molecule has 1 aliphatic rings. The highest BCUT2D eigenvalue weighted by atomic mass is 16.3. The minimum atomic E-state index is -0.628. The maximum atomic E-state index is 11.8. The number of benzene rings is 1. The summed E-state index contributed by atoms with van der Waals surface area (Å²) < 4.78 is 0. The Morgan fingerprint density at radius 3 is 2.69 bits per heavy atom. The van der Waals surface area contributed by atoms with Crippen molar-refractivity contribution >= 4 is 5.91 Å². The van der Waals surface area contributed by atoms with Crippen molar-refractivity contribution < 1.29 is 9.90 Å². The van der Waals surface area contributed by atoms with Crippen molar-refractivity contribution in [3.63, 3.8) is 0 Å². The lowest BCUT2D eigenvalue weighted by Gasteiger charge is -2.37. The molecule has 1 aliphatic heterocycles. The van der Waals surface area contributed by atoms with Crippen LogP contribution in [0.3, 0.4) is 0 Å². The summed E-state index contributed by atoms with van der Waals surface area (Å²) >= 11 is 0. The fourth-order valence-corrected chi connectivity index (χ4v) is 2.24. The van der Waals surface area contributed by atoms with E-state index in [0.717, 1.165) is 12.0 Å². The zero-order chi connectivity index (χ0) is 11.5. The summed E-state index contributed by atoms with van der Waals surface area (Å²) in [6.07, 6.45) is 1.39. The predicted octanol–water partition coefficient (Wildman–Crippen LogP) is 2.08. The van der Waals surface area contributed by atoms with E-state index in [0.29, 0.717) is 12.8 Å². The fourth-order valence-electron chi connectivity index (χ4n) is 2.24. The van der Waals surface area contributed by atoms with Crippen molar-refractivity contribution in [3.05, 3.63) is 35.9 Å². The van der Waals surface area contributed by atoms with Gasteiger partial charge < -0.3 is 10.0 Å². The summed E-state index contributed by atoms with van der Waals surface area (Å²) in [6, 6.07) is 9.77. The van der Waals surface area contributed by atoms with Crippen molar-refractivity contribution in [2.45, 2.75) is 38.5 Å². The SMILES string of the molecule is C[C@@H](c1ccccc1)N1C(=O)CCCC1O. The first kappa shape index (κ1) is 11.1. The molecule has 1 saturated heterocycles. The number of amides is 1. The van der Waals surface area contributed by atoms with Gasteiger partial charge >= 0.3 is 0 Å². The Kier molecular flexibility index (Phi) is 3.25. The lowest BCUT2D eigenvalue weighted by molar-refractivity contribution is -0.151. The molecule has 2 rings (SSSR count). The fraction of sp³-hybridized carbons (Fsp3) is 0.462. The standard InChI is InChI=1S/C13H17NO2/c1-10(11-6-3-2-4-7-11)14-12(15)8-5-9-13(14)16/h2-4,6-7,10,12,15H,5,8-9H2,1H3/t10-,12?/m0/s1. The van der Waals surface area contributed by atoms with E-state index < -0.39 is 6.23 Å². The third-order valence-corrected chi connectivity index (χ3v) is 3.16. The molecule has 1 aromatic carbocycles. The van der Waals surface area contributed by atoms with Crippen LogP contribution >= 0.6 is 0 Å². The minimum Gasteiger partial charge on any atom is -0.374 e. The molecular weight excluding hydrogens is 202 g/mol. The highest BCUT2D eigenvalue weighted by Gasteiger charge is 2.30. The normalized spacial score (nSPS) is 23.2. The molecule has 3 heteroatoms. The van der Waals surface area contributed by atoms with Crippen molar-refractivity contribution in [2.24, 2.45) is 0 Å². The van der Waals surface area contributed by atoms with Gasteiger partial charge in [-0.1, -0.05) is 30.3 Å². The molecule has 2 atom stereocenters. The predicted molar refractivity (Wildman–Crippen MR) is 61.6 cm³/mol. The molecule has 0 radical (unpaired) electrons. The lowest BCUT2D eigenvalue weighted by atomic mass is 10.0. The number of carbonyl (C=O) groups excluding carboxylic acids is 1. The van der Waals surface area contributed by atoms with Gasteiger partial charge in [-0.2, -0.15) is 0 Å². The van der Waals surface area contributed by atoms with Gasteiger partial charge in [0.05, 0.1) is 6.04 Å². The molecule has 1 aromatic rings. The van der Waals surface area contributed by atoms with Crippen LogP contribution in [0.25, 0.3) is 0 Å². The molecule has 1 fully saturated rings. The Morgan fingerprint density at radius 1 is 1.38 bits per heavy atom. The monoisotopic (exact) mass is 219 g/mol. The van der Waals surface area contributed by atoms with Crippen molar-refractivity contribution in [3.8, 4) is 0 Å². The second kappa shape index (κ2) is 4.66. The molecule has 0 aromatic heterocycles. The van der Waals surface area contributed by atoms with Crippen LogP contribution in [0.4, 0.5) is 0 Å². The summed E-state index contributed by atoms with van der Waals surface area (Å²) in [5, 5.41) is 9.88. The van der Waals surface area contributed by atoms with Crippen LogP contribution in [0.1, 0.15) is 37.8 Å². The van der Waals surface area contributed by atoms with Crippen molar-refractivity contribution in [1.82, 2.24) is 4.90 Å². The van der Waals surface area contributed by atoms with Crippen LogP contribution < -0.4 is 0 Å². The Hall–Kier alpha value is -1.35. The number of aliphatic hydroxyl groups is 1. The average molecular weight is 219 g/mol. The summed E-state index contributed by atoms with van der Waals surface area (Å²) in [6.45, 7) is 1.96. The van der Waals surface area contributed by atoms with Crippen LogP contribution in [-0.2, 0) is 4.79 Å². The number of carbonyl (C=O) groups is 1. The van der Waals surface area contributed by atoms with Crippen molar-refractivity contribution in [1.29, 1.82) is 0 Å². The van der Waals surface area contributed by atoms with Gasteiger partial charge in [0.1, 0.15) is 6.23 Å². The van der Waals surface area contributed by atoms with E-state index in [4.69, 9.17) is 0 Å². The van der Waals surface area contributed by atoms with Gasteiger partial charge in [-0.25, -0.2) is 0 Å². The average Bonchev–Trinajstić information content (AvgIpc) is 2.30. The molecular formula is C13H17NO2. The minimum absolute atomic E-state index is 0.0510. The van der Waals surface area contributed by atoms with E-state index in [1.165, 1.54) is 0 Å². The first-order valence-corrected chi connectivity index (χ1v) is 5.74. The largest absolute Gasteiger partial charge is 0.374 e. The van der Waals surface area contributed by atoms with Crippen LogP contribution in [-0.4, -0.2) is 22.1 Å². The third kappa shape index (κ3) is 2.09. The summed E-state index contributed by atoms with van der Waals surface area (Å²) in [5.74, 6) is 0.0510. The molecule has 86 valence electrons. The maximum absolute atomic E-state index is 11.8. The highest BCUT2D eigenvalue weighted by Crippen LogP contribution is 2.27. The number of hydrogen-bond acceptors (Lipinski definition) is 2. The van der Waals surface area contributed by atoms with Crippen LogP contribution in [0.2, 0.25) is 0 Å². The van der Waals surface area contributed by atoms with E-state index >= 15 is 0 Å². The second-order valence-corrected chi connectivity index (χ2v) is 4.26. The zero-order valence-electron chi connectivity index (χ0n) is 9.47. The van der Waals surface area contributed by atoms with Gasteiger partial charge in [0, 0.05) is 6.42 Å². The maximum Gasteiger partial charge on any atom is 0.225 e. The molecule has 1 unspecified atom stereocenters. The smallest absolute Gasteiger partial charge is 0.225 e. The molecule has 0 bridgehead atoms. The zero-order valence-corrected chi connectivity index (χ0v) is 9.47. The first-order valence-electron chi connectivity index (χ1n) is 5.74. The van der Waals surface area contributed by atoms with Gasteiger partial charge in [0.15, 0.2) is 0 Å². The number of rotatable bonds is 2. The summed E-state index contributed by atoms with van der Waals surface area (Å²) in [5.41, 5.74) is 1.07. The third-order valence-electron chi connectivity index (χ3n) is 3.16. The van der Waals surface area contributed by atoms with Gasteiger partial charge in [0.2, 0.25) is 5.91 Å². The Bertz CT molecular complexity index is 363. The molecule has 1 N–H and O–H groups in total. The van der Waals surface area contributed by atoms with Gasteiger partial charge in [-0.15, -0.1) is 0 Å². The Labute approximate surface area is 95.7 Å². The number of likely N-dealkylation sites (tertiary alicyclic amines) is 1. The number of nitrogens with zero attached hydrogens (tertiary/aromatic N) is 1. The molecule has 1 heterocycles. The summed E-state index contributed by atoms with van der Waals surface area (Å²) in [7, 11) is 0. The topological polar surface area (TPSA) is 40.5 Å². The highest BCUT2D eigenvalue weighted by molar-refractivity contribution is 5.77. The van der Waals surface area contributed by atoms with E-state index in [-0.39, 0.29) is 11.9 Å². The molecule has 0 saturated carbocycles. The Balaban J connectivity index is 2.20. The molecule has 0 spiro atoms. The number of piperidine rings is 1. The van der Waals surface area contributed by atoms with E-state index in [1.807, 2.05) is 37.3 Å². The van der Waals surface area contributed by atoms with Gasteiger partial charge in [-0.05, 0) is 25.3 Å². The van der Waals surface area contributed by atoms with Crippen molar-refractivity contribution in [2.75, 3.05) is 0 Å². The van der Waals surface area contributed by atoms with Crippen LogP contribution in [0.5, 0.6) is 0 Å². The van der Waals surface area contributed by atoms with E-state index in [9.17, 15) is 9.90 Å². The number of hydrogen-bond donors (Lipinski definition) is 1. The second-order valence-electron chi connectivity index (χ2n) is 4.26. The molecule has 3 nitrogen and oxygen atoms in total. The molecule has 1 amide bonds. The van der Waals surface area contributed by atoms with Crippen LogP contribution in [0.15, 0.2) is 30.3 Å². The summed E-state index contributed by atoms with van der Waals surface area (Å²) in [4.78, 5) is 13.4. The molecule has 16 heavy (non-hydrogen) atoms. The van der Waals surface area contributed by atoms with Crippen LogP contribution in [0, 0.1) is 0 Å². The van der Waals surface area contributed by atoms with E-state index in [2.05, 4.69) is 0 Å². The lowest BCUT2D eigenvalue weighted by Crippen LogP contribution is -2.44. The Morgan fingerprint density at radius 2 is 2.06 bits per heavy atom. The van der Waals surface area contributed by atoms with Gasteiger partial charge in [-0.3, -0.25) is 4.79 Å². The first-order chi connectivity index (χ1) is 7.70.